The van der Waals surface area contributed by atoms with Crippen LogP contribution in [0.25, 0.3) is 5.57 Å². The molecule has 184 valence electrons. The van der Waals surface area contributed by atoms with Crippen LogP contribution < -0.4 is 29.0 Å². The first-order valence-corrected chi connectivity index (χ1v) is 10.7. The first-order chi connectivity index (χ1) is 16.1. The Morgan fingerprint density at radius 1 is 1.00 bits per heavy atom. The van der Waals surface area contributed by atoms with Crippen LogP contribution in [0.3, 0.4) is 0 Å². The van der Waals surface area contributed by atoms with Crippen molar-refractivity contribution in [2.24, 2.45) is 0 Å². The molecule has 0 bridgehead atoms. The van der Waals surface area contributed by atoms with Gasteiger partial charge in [-0.15, -0.1) is 0 Å². The molecule has 3 rings (SSSR count). The average molecular weight is 474 g/mol. The summed E-state index contributed by atoms with van der Waals surface area (Å²) in [6.07, 6.45) is 0.166. The van der Waals surface area contributed by atoms with Crippen molar-refractivity contribution in [3.8, 4) is 28.7 Å². The second-order valence-corrected chi connectivity index (χ2v) is 8.52. The van der Waals surface area contributed by atoms with Gasteiger partial charge in [0.1, 0.15) is 24.1 Å². The smallest absolute Gasteiger partial charge is 0.412 e. The van der Waals surface area contributed by atoms with Crippen LogP contribution >= 0.6 is 0 Å². The van der Waals surface area contributed by atoms with Gasteiger partial charge in [0.15, 0.2) is 11.5 Å². The van der Waals surface area contributed by atoms with Gasteiger partial charge in [-0.05, 0) is 56.2 Å². The molecule has 1 amide bonds. The minimum Gasteiger partial charge on any atom is -0.495 e. The number of fused-ring (bicyclic) bond motifs is 1. The molecule has 2 N–H and O–H groups in total. The molecule has 1 unspecified atom stereocenters. The van der Waals surface area contributed by atoms with E-state index in [1.54, 1.807) is 45.0 Å². The van der Waals surface area contributed by atoms with Crippen LogP contribution in [0.5, 0.6) is 28.7 Å². The lowest BCUT2D eigenvalue weighted by Crippen LogP contribution is -2.27. The number of amides is 1. The Morgan fingerprint density at radius 2 is 1.68 bits per heavy atom. The Morgan fingerprint density at radius 3 is 2.26 bits per heavy atom. The highest BCUT2D eigenvalue weighted by Gasteiger charge is 2.28. The number of aliphatic hydroxyl groups is 1. The van der Waals surface area contributed by atoms with E-state index >= 15 is 0 Å². The van der Waals surface area contributed by atoms with E-state index in [2.05, 4.69) is 5.32 Å². The molecule has 0 fully saturated rings. The first-order valence-electron chi connectivity index (χ1n) is 10.7. The van der Waals surface area contributed by atoms with Gasteiger partial charge >= 0.3 is 6.09 Å². The zero-order valence-corrected chi connectivity index (χ0v) is 20.5. The molecule has 0 radical (unpaired) electrons. The SMILES string of the molecule is COc1ccc(C2=CC(O)COc3c2cc(OC)c(OC)c3OC)cc1NC(=O)OC(C)(C)C. The van der Waals surface area contributed by atoms with Gasteiger partial charge in [-0.2, -0.15) is 0 Å². The van der Waals surface area contributed by atoms with Crippen molar-refractivity contribution in [3.05, 3.63) is 41.5 Å². The number of benzene rings is 2. The summed E-state index contributed by atoms with van der Waals surface area (Å²) in [5.74, 6) is 2.01. The minimum atomic E-state index is -0.895. The number of aliphatic hydroxyl groups excluding tert-OH is 1. The number of carbonyl (C=O) groups excluding carboxylic acids is 1. The summed E-state index contributed by atoms with van der Waals surface area (Å²) >= 11 is 0. The van der Waals surface area contributed by atoms with Crippen LogP contribution in [0.1, 0.15) is 31.9 Å². The number of rotatable bonds is 6. The third kappa shape index (κ3) is 5.31. The van der Waals surface area contributed by atoms with Gasteiger partial charge in [-0.25, -0.2) is 4.79 Å². The van der Waals surface area contributed by atoms with Gasteiger partial charge in [-0.1, -0.05) is 6.07 Å². The fourth-order valence-corrected chi connectivity index (χ4v) is 3.61. The lowest BCUT2D eigenvalue weighted by molar-refractivity contribution is 0.0635. The molecule has 2 aromatic rings. The van der Waals surface area contributed by atoms with Crippen LogP contribution in [0.15, 0.2) is 30.3 Å². The highest BCUT2D eigenvalue weighted by molar-refractivity contribution is 5.91. The van der Waals surface area contributed by atoms with E-state index in [0.717, 1.165) is 0 Å². The number of nitrogens with one attached hydrogen (secondary N) is 1. The summed E-state index contributed by atoms with van der Waals surface area (Å²) in [4.78, 5) is 12.4. The highest BCUT2D eigenvalue weighted by atomic mass is 16.6. The largest absolute Gasteiger partial charge is 0.495 e. The monoisotopic (exact) mass is 473 g/mol. The molecule has 9 heteroatoms. The third-order valence-electron chi connectivity index (χ3n) is 4.98. The maximum absolute atomic E-state index is 12.4. The van der Waals surface area contributed by atoms with Gasteiger partial charge in [0.2, 0.25) is 11.5 Å². The van der Waals surface area contributed by atoms with Crippen molar-refractivity contribution in [3.63, 3.8) is 0 Å². The summed E-state index contributed by atoms with van der Waals surface area (Å²) < 4.78 is 33.3. The van der Waals surface area contributed by atoms with Crippen LogP contribution in [0.4, 0.5) is 10.5 Å². The summed E-state index contributed by atoms with van der Waals surface area (Å²) in [6, 6.07) is 7.03. The van der Waals surface area contributed by atoms with E-state index in [0.29, 0.717) is 51.1 Å². The average Bonchev–Trinajstić information content (AvgIpc) is 2.95. The minimum absolute atomic E-state index is 0.0154. The van der Waals surface area contributed by atoms with Crippen LogP contribution in [-0.4, -0.2) is 58.0 Å². The first kappa shape index (κ1) is 25.0. The molecule has 0 saturated heterocycles. The standard InChI is InChI=1S/C25H31NO8/c1-25(2,3)34-24(28)26-18-10-14(8-9-19(18)29-4)16-11-15(27)13-33-21-17(16)12-20(30-5)22(31-6)23(21)32-7/h8-12,15,27H,13H2,1-7H3,(H,26,28). The molecule has 34 heavy (non-hydrogen) atoms. The molecule has 1 heterocycles. The number of ether oxygens (including phenoxy) is 6. The molecule has 0 spiro atoms. The zero-order valence-electron chi connectivity index (χ0n) is 20.5. The van der Waals surface area contributed by atoms with Crippen LogP contribution in [-0.2, 0) is 4.74 Å². The highest BCUT2D eigenvalue weighted by Crippen LogP contribution is 2.50. The molecule has 9 nitrogen and oxygen atoms in total. The van der Waals surface area contributed by atoms with Crippen molar-refractivity contribution in [2.45, 2.75) is 32.5 Å². The van der Waals surface area contributed by atoms with E-state index < -0.39 is 17.8 Å². The Hall–Kier alpha value is -3.59. The van der Waals surface area contributed by atoms with Crippen molar-refractivity contribution < 1.29 is 38.3 Å². The van der Waals surface area contributed by atoms with Crippen molar-refractivity contribution in [2.75, 3.05) is 40.4 Å². The molecular weight excluding hydrogens is 442 g/mol. The van der Waals surface area contributed by atoms with Gasteiger partial charge in [0.25, 0.3) is 0 Å². The molecule has 1 aliphatic rings. The van der Waals surface area contributed by atoms with Gasteiger partial charge < -0.3 is 33.5 Å². The number of hydrogen-bond donors (Lipinski definition) is 2. The summed E-state index contributed by atoms with van der Waals surface area (Å²) in [5, 5.41) is 13.3. The lowest BCUT2D eigenvalue weighted by atomic mass is 9.94. The number of anilines is 1. The molecular formula is C25H31NO8. The topological polar surface area (TPSA) is 105 Å². The summed E-state index contributed by atoms with van der Waals surface area (Å²) in [5.41, 5.74) is 1.70. The van der Waals surface area contributed by atoms with Crippen LogP contribution in [0, 0.1) is 0 Å². The van der Waals surface area contributed by atoms with E-state index in [9.17, 15) is 9.90 Å². The Bertz CT molecular complexity index is 1090. The number of hydrogen-bond acceptors (Lipinski definition) is 8. The molecule has 0 saturated carbocycles. The maximum atomic E-state index is 12.4. The van der Waals surface area contributed by atoms with E-state index in [4.69, 9.17) is 28.4 Å². The Kier molecular flexibility index (Phi) is 7.46. The van der Waals surface area contributed by atoms with Gasteiger partial charge in [0, 0.05) is 5.56 Å². The molecule has 0 aliphatic carbocycles. The van der Waals surface area contributed by atoms with Crippen molar-refractivity contribution in [1.82, 2.24) is 0 Å². The predicted molar refractivity (Wildman–Crippen MR) is 128 cm³/mol. The number of carbonyl (C=O) groups is 1. The predicted octanol–water partition coefficient (Wildman–Crippen LogP) is 4.25. The van der Waals surface area contributed by atoms with E-state index in [-0.39, 0.29) is 6.61 Å². The Labute approximate surface area is 199 Å². The van der Waals surface area contributed by atoms with Crippen molar-refractivity contribution in [1.29, 1.82) is 0 Å². The van der Waals surface area contributed by atoms with Gasteiger partial charge in [0.05, 0.1) is 34.1 Å². The van der Waals surface area contributed by atoms with Crippen LogP contribution in [0.2, 0.25) is 0 Å². The van der Waals surface area contributed by atoms with E-state index in [1.807, 2.05) is 6.07 Å². The summed E-state index contributed by atoms with van der Waals surface area (Å²) in [7, 11) is 6.04. The summed E-state index contributed by atoms with van der Waals surface area (Å²) in [6.45, 7) is 5.36. The fourth-order valence-electron chi connectivity index (χ4n) is 3.61. The number of methoxy groups -OCH3 is 4. The third-order valence-corrected chi connectivity index (χ3v) is 4.98. The normalized spacial score (nSPS) is 15.2. The fraction of sp³-hybridized carbons (Fsp3) is 0.400. The lowest BCUT2D eigenvalue weighted by Gasteiger charge is -2.21. The Balaban J connectivity index is 2.15. The second kappa shape index (κ2) is 10.1. The van der Waals surface area contributed by atoms with Crippen molar-refractivity contribution >= 4 is 17.4 Å². The van der Waals surface area contributed by atoms with Gasteiger partial charge in [-0.3, -0.25) is 5.32 Å². The quantitative estimate of drug-likeness (QED) is 0.642. The second-order valence-electron chi connectivity index (χ2n) is 8.52. The molecule has 0 aromatic heterocycles. The zero-order chi connectivity index (χ0) is 25.0. The van der Waals surface area contributed by atoms with E-state index in [1.165, 1.54) is 28.4 Å². The maximum Gasteiger partial charge on any atom is 0.412 e. The molecule has 1 atom stereocenters. The molecule has 1 aliphatic heterocycles. The molecule has 2 aromatic carbocycles.